The molecule has 0 aliphatic carbocycles. The Morgan fingerprint density at radius 3 is 2.72 bits per heavy atom. The molecule has 2 aromatic rings. The molecule has 0 spiro atoms. The van der Waals surface area contributed by atoms with Crippen LogP contribution in [0.5, 0.6) is 0 Å². The maximum absolute atomic E-state index is 12.8. The lowest BCUT2D eigenvalue weighted by Crippen LogP contribution is -2.04. The molecule has 0 saturated carbocycles. The molecule has 2 heterocycles. The average Bonchev–Trinajstić information content (AvgIpc) is 2.72. The Morgan fingerprint density at radius 2 is 2.00 bits per heavy atom. The van der Waals surface area contributed by atoms with Crippen molar-refractivity contribution in [2.24, 2.45) is 0 Å². The third-order valence-corrected chi connectivity index (χ3v) is 5.53. The van der Waals surface area contributed by atoms with Crippen molar-refractivity contribution in [2.75, 3.05) is 19.0 Å². The van der Waals surface area contributed by atoms with Gasteiger partial charge >= 0.3 is 6.18 Å². The van der Waals surface area contributed by atoms with E-state index in [1.54, 1.807) is 24.0 Å². The summed E-state index contributed by atoms with van der Waals surface area (Å²) in [5.74, 6) is 1.86. The van der Waals surface area contributed by atoms with Crippen molar-refractivity contribution in [2.45, 2.75) is 36.8 Å². The molecule has 0 amide bonds. The van der Waals surface area contributed by atoms with Gasteiger partial charge in [-0.25, -0.2) is 4.39 Å². The van der Waals surface area contributed by atoms with Gasteiger partial charge in [-0.3, -0.25) is 4.98 Å². The minimum atomic E-state index is -4.37. The lowest BCUT2D eigenvalue weighted by Gasteiger charge is -2.14. The van der Waals surface area contributed by atoms with Gasteiger partial charge in [0.1, 0.15) is 24.5 Å². The Bertz CT molecular complexity index is 896. The summed E-state index contributed by atoms with van der Waals surface area (Å²) >= 11 is 1.62. The van der Waals surface area contributed by atoms with Gasteiger partial charge in [-0.1, -0.05) is 6.07 Å². The van der Waals surface area contributed by atoms with Crippen LogP contribution in [-0.2, 0) is 15.7 Å². The molecule has 0 bridgehead atoms. The standard InChI is InChI=1S/C21H21F4NO2S/c22-13-16-5-6-17(14-28-16)27-10-2-1-3-11-29-20-8-9-26-19-12-15(21(23,24)25)4-7-18(19)20/h4-5,7-9,12,14H,1-3,6,10-11,13H2. The SMILES string of the molecule is FCC1=CCC(OCCCCCSc2ccnc3cc(C(F)(F)F)ccc23)=CO1. The van der Waals surface area contributed by atoms with Crippen molar-refractivity contribution >= 4 is 22.7 Å². The van der Waals surface area contributed by atoms with E-state index in [9.17, 15) is 17.6 Å². The fourth-order valence-corrected chi connectivity index (χ4v) is 3.87. The zero-order valence-electron chi connectivity index (χ0n) is 15.7. The van der Waals surface area contributed by atoms with Crippen molar-refractivity contribution < 1.29 is 27.0 Å². The van der Waals surface area contributed by atoms with Gasteiger partial charge in [-0.2, -0.15) is 13.2 Å². The largest absolute Gasteiger partial charge is 0.494 e. The number of aromatic nitrogens is 1. The molecule has 1 aliphatic heterocycles. The number of nitrogens with zero attached hydrogens (tertiary/aromatic N) is 1. The molecule has 29 heavy (non-hydrogen) atoms. The molecule has 1 aromatic heterocycles. The van der Waals surface area contributed by atoms with Gasteiger partial charge in [0.2, 0.25) is 0 Å². The van der Waals surface area contributed by atoms with E-state index in [-0.39, 0.29) is 0 Å². The third-order valence-electron chi connectivity index (χ3n) is 4.37. The smallest absolute Gasteiger partial charge is 0.416 e. The second kappa shape index (κ2) is 10.0. The van der Waals surface area contributed by atoms with Crippen molar-refractivity contribution in [1.82, 2.24) is 4.98 Å². The minimum Gasteiger partial charge on any atom is -0.494 e. The van der Waals surface area contributed by atoms with Crippen molar-refractivity contribution in [3.63, 3.8) is 0 Å². The summed E-state index contributed by atoms with van der Waals surface area (Å²) in [5.41, 5.74) is -0.333. The molecule has 0 saturated heterocycles. The molecule has 1 aliphatic rings. The number of benzene rings is 1. The van der Waals surface area contributed by atoms with Crippen molar-refractivity contribution in [3.05, 3.63) is 59.9 Å². The number of ether oxygens (including phenoxy) is 2. The molecule has 8 heteroatoms. The number of hydrogen-bond acceptors (Lipinski definition) is 4. The van der Waals surface area contributed by atoms with Gasteiger partial charge in [0.15, 0.2) is 0 Å². The molecule has 1 aromatic carbocycles. The van der Waals surface area contributed by atoms with E-state index in [0.29, 0.717) is 30.1 Å². The van der Waals surface area contributed by atoms with Gasteiger partial charge < -0.3 is 9.47 Å². The molecule has 0 unspecified atom stereocenters. The summed E-state index contributed by atoms with van der Waals surface area (Å²) in [6, 6.07) is 5.51. The fourth-order valence-electron chi connectivity index (χ4n) is 2.82. The Kier molecular flexibility index (Phi) is 7.41. The molecule has 0 atom stereocenters. The zero-order valence-corrected chi connectivity index (χ0v) is 16.5. The monoisotopic (exact) mass is 427 g/mol. The van der Waals surface area contributed by atoms with Crippen LogP contribution in [-0.4, -0.2) is 24.0 Å². The van der Waals surface area contributed by atoms with Gasteiger partial charge in [0, 0.05) is 22.9 Å². The quantitative estimate of drug-likeness (QED) is 0.255. The topological polar surface area (TPSA) is 31.4 Å². The van der Waals surface area contributed by atoms with Crippen LogP contribution < -0.4 is 0 Å². The highest BCUT2D eigenvalue weighted by Crippen LogP contribution is 2.34. The number of allylic oxidation sites excluding steroid dienone is 2. The fraction of sp³-hybridized carbons (Fsp3) is 0.381. The van der Waals surface area contributed by atoms with E-state index in [1.165, 1.54) is 12.3 Å². The normalized spacial score (nSPS) is 14.3. The first-order chi connectivity index (χ1) is 14.0. The van der Waals surface area contributed by atoms with E-state index in [1.807, 2.05) is 6.07 Å². The number of alkyl halides is 4. The number of rotatable bonds is 9. The van der Waals surface area contributed by atoms with Gasteiger partial charge in [-0.05, 0) is 49.3 Å². The Balaban J connectivity index is 1.40. The average molecular weight is 427 g/mol. The van der Waals surface area contributed by atoms with Crippen LogP contribution in [0.4, 0.5) is 17.6 Å². The number of fused-ring (bicyclic) bond motifs is 1. The molecule has 3 rings (SSSR count). The summed E-state index contributed by atoms with van der Waals surface area (Å²) < 4.78 is 61.6. The van der Waals surface area contributed by atoms with Crippen LogP contribution in [0.1, 0.15) is 31.2 Å². The highest BCUT2D eigenvalue weighted by atomic mass is 32.2. The number of halogens is 4. The van der Waals surface area contributed by atoms with Gasteiger partial charge in [0.05, 0.1) is 17.7 Å². The summed E-state index contributed by atoms with van der Waals surface area (Å²) in [5, 5.41) is 0.735. The third kappa shape index (κ3) is 6.13. The molecule has 0 fully saturated rings. The van der Waals surface area contributed by atoms with E-state index in [0.717, 1.165) is 47.4 Å². The maximum atomic E-state index is 12.8. The van der Waals surface area contributed by atoms with Crippen molar-refractivity contribution in [1.29, 1.82) is 0 Å². The number of hydrogen-bond donors (Lipinski definition) is 0. The van der Waals surface area contributed by atoms with Crippen LogP contribution in [0.15, 0.2) is 59.2 Å². The summed E-state index contributed by atoms with van der Waals surface area (Å²) in [4.78, 5) is 5.00. The minimum absolute atomic E-state index is 0.313. The predicted octanol–water partition coefficient (Wildman–Crippen LogP) is 6.65. The van der Waals surface area contributed by atoms with Gasteiger partial charge in [0.25, 0.3) is 0 Å². The maximum Gasteiger partial charge on any atom is 0.416 e. The van der Waals surface area contributed by atoms with Crippen LogP contribution >= 0.6 is 11.8 Å². The lowest BCUT2D eigenvalue weighted by molar-refractivity contribution is -0.137. The number of thioether (sulfide) groups is 1. The second-order valence-electron chi connectivity index (χ2n) is 6.51. The van der Waals surface area contributed by atoms with Crippen LogP contribution in [0, 0.1) is 0 Å². The molecular formula is C21H21F4NO2S. The first-order valence-electron chi connectivity index (χ1n) is 9.29. The number of unbranched alkanes of at least 4 members (excludes halogenated alkanes) is 2. The second-order valence-corrected chi connectivity index (χ2v) is 7.64. The van der Waals surface area contributed by atoms with E-state index in [4.69, 9.17) is 9.47 Å². The van der Waals surface area contributed by atoms with Crippen LogP contribution in [0.3, 0.4) is 0 Å². The molecular weight excluding hydrogens is 406 g/mol. The molecule has 156 valence electrons. The Labute approximate surface area is 170 Å². The van der Waals surface area contributed by atoms with Crippen LogP contribution in [0.2, 0.25) is 0 Å². The highest BCUT2D eigenvalue weighted by Gasteiger charge is 2.30. The highest BCUT2D eigenvalue weighted by molar-refractivity contribution is 7.99. The summed E-state index contributed by atoms with van der Waals surface area (Å²) in [6.45, 7) is -0.0469. The van der Waals surface area contributed by atoms with Gasteiger partial charge in [-0.15, -0.1) is 11.8 Å². The molecule has 0 N–H and O–H groups in total. The first kappa shape index (κ1) is 21.5. The molecule has 0 radical (unpaired) electrons. The van der Waals surface area contributed by atoms with E-state index < -0.39 is 18.4 Å². The molecule has 3 nitrogen and oxygen atoms in total. The predicted molar refractivity (Wildman–Crippen MR) is 105 cm³/mol. The van der Waals surface area contributed by atoms with Crippen molar-refractivity contribution in [3.8, 4) is 0 Å². The Hall–Kier alpha value is -2.22. The van der Waals surface area contributed by atoms with Crippen LogP contribution in [0.25, 0.3) is 10.9 Å². The zero-order chi connectivity index (χ0) is 20.7. The lowest BCUT2D eigenvalue weighted by atomic mass is 10.1. The number of pyridine rings is 1. The summed E-state index contributed by atoms with van der Waals surface area (Å²) in [7, 11) is 0. The Morgan fingerprint density at radius 1 is 1.14 bits per heavy atom. The van der Waals surface area contributed by atoms with E-state index in [2.05, 4.69) is 4.98 Å². The summed E-state index contributed by atoms with van der Waals surface area (Å²) in [6.07, 6.45) is 3.64. The first-order valence-corrected chi connectivity index (χ1v) is 10.3. The van der Waals surface area contributed by atoms with E-state index >= 15 is 0 Å².